The summed E-state index contributed by atoms with van der Waals surface area (Å²) in [7, 11) is -2.90. The Morgan fingerprint density at radius 3 is 3.36 bits per heavy atom. The fourth-order valence-corrected chi connectivity index (χ4v) is 4.05. The number of benzene rings is 1. The summed E-state index contributed by atoms with van der Waals surface area (Å²) in [6, 6.07) is -0.421. The van der Waals surface area contributed by atoms with E-state index in [1.165, 1.54) is 6.07 Å². The van der Waals surface area contributed by atoms with Crippen LogP contribution in [0, 0.1) is 5.89 Å². The molecule has 2 aliphatic heterocycles. The smallest absolute Gasteiger partial charge is 0.165 e. The number of aliphatic hydroxyl groups is 1. The van der Waals surface area contributed by atoms with Gasteiger partial charge in [-0.05, 0) is 37.9 Å². The van der Waals surface area contributed by atoms with Gasteiger partial charge in [-0.15, -0.1) is 0 Å². The maximum absolute atomic E-state index is 10.8. The van der Waals surface area contributed by atoms with Crippen LogP contribution in [0.5, 0.6) is 11.5 Å². The van der Waals surface area contributed by atoms with Crippen LogP contribution >= 0.6 is 0 Å². The van der Waals surface area contributed by atoms with Crippen molar-refractivity contribution in [3.05, 3.63) is 35.4 Å². The van der Waals surface area contributed by atoms with Crippen LogP contribution in [0.3, 0.4) is 0 Å². The van der Waals surface area contributed by atoms with Crippen molar-refractivity contribution < 1.29 is 29.7 Å². The monoisotopic (exact) mass is 310 g/mol. The molecular weight excluding hydrogens is 278 g/mol. The minimum atomic E-state index is -2.93. The Bertz CT molecular complexity index is 1090. The number of rotatable bonds is 1. The van der Waals surface area contributed by atoms with Crippen molar-refractivity contribution >= 4 is 0 Å². The minimum absolute atomic E-state index is 0.0317. The normalized spacial score (nSPS) is 61.9. The molecule has 1 saturated heterocycles. The van der Waals surface area contributed by atoms with Crippen molar-refractivity contribution in [3.63, 3.8) is 0 Å². The molecule has 5 atom stereocenters. The molecule has 0 amide bonds. The second-order valence-corrected chi connectivity index (χ2v) is 5.88. The fourth-order valence-electron chi connectivity index (χ4n) is 4.05. The summed E-state index contributed by atoms with van der Waals surface area (Å²) >= 11 is 0. The van der Waals surface area contributed by atoms with Crippen molar-refractivity contribution in [2.45, 2.75) is 36.4 Å². The fraction of sp³-hybridized carbons (Fsp3) is 0.556. The van der Waals surface area contributed by atoms with Gasteiger partial charge in [0, 0.05) is 32.5 Å². The summed E-state index contributed by atoms with van der Waals surface area (Å²) in [6.45, 7) is -3.31. The number of nitrogens with zero attached hydrogens (tertiary/aromatic N) is 1. The van der Waals surface area contributed by atoms with E-state index in [0.717, 1.165) is 18.2 Å². The van der Waals surface area contributed by atoms with E-state index in [1.807, 2.05) is 0 Å². The molecule has 1 spiro atoms. The van der Waals surface area contributed by atoms with Crippen LogP contribution in [0.1, 0.15) is 32.6 Å². The Morgan fingerprint density at radius 2 is 2.50 bits per heavy atom. The van der Waals surface area contributed by atoms with Gasteiger partial charge >= 0.3 is 0 Å². The first-order valence-electron chi connectivity index (χ1n) is 12.6. The number of likely N-dealkylation sites (tertiary alicyclic amines) is 1. The lowest BCUT2D eigenvalue weighted by Gasteiger charge is -2.56. The lowest BCUT2D eigenvalue weighted by molar-refractivity contribution is -0.0453. The summed E-state index contributed by atoms with van der Waals surface area (Å²) in [5, 5.41) is 10.8. The Balaban J connectivity index is 1.92. The van der Waals surface area contributed by atoms with E-state index in [0.29, 0.717) is 4.90 Å². The number of likely N-dealkylation sites (N-methyl/N-ethyl adjacent to an activating group) is 1. The molecule has 2 unspecified atom stereocenters. The molecule has 1 aromatic rings. The third-order valence-corrected chi connectivity index (χ3v) is 4.95. The lowest BCUT2D eigenvalue weighted by atomic mass is 9.53. The Hall–Kier alpha value is -1.52. The van der Waals surface area contributed by atoms with E-state index in [4.69, 9.17) is 21.8 Å². The minimum Gasteiger partial charge on any atom is -0.493 e. The summed E-state index contributed by atoms with van der Waals surface area (Å²) < 4.78 is 103. The van der Waals surface area contributed by atoms with Gasteiger partial charge in [-0.1, -0.05) is 18.2 Å². The molecule has 1 aromatic carbocycles. The number of hydrogen-bond acceptors (Lipinski definition) is 4. The summed E-state index contributed by atoms with van der Waals surface area (Å²) in [5.41, 5.74) is -2.10. The van der Waals surface area contributed by atoms with E-state index in [9.17, 15) is 7.85 Å². The summed E-state index contributed by atoms with van der Waals surface area (Å²) in [5.74, 6) is -3.00. The highest BCUT2D eigenvalue weighted by molar-refractivity contribution is 5.62. The zero-order valence-corrected chi connectivity index (χ0v) is 11.5. The zero-order chi connectivity index (χ0) is 24.6. The van der Waals surface area contributed by atoms with Gasteiger partial charge in [0.2, 0.25) is 0 Å². The van der Waals surface area contributed by atoms with Crippen LogP contribution in [0.2, 0.25) is 0 Å². The van der Waals surface area contributed by atoms with Crippen molar-refractivity contribution in [2.75, 3.05) is 20.6 Å². The maximum Gasteiger partial charge on any atom is 0.165 e. The van der Waals surface area contributed by atoms with E-state index in [2.05, 4.69) is 0 Å². The van der Waals surface area contributed by atoms with E-state index >= 15 is 0 Å². The molecule has 2 heterocycles. The first kappa shape index (κ1) is 6.17. The molecule has 0 aromatic heterocycles. The number of methoxy groups -OCH3 is 1. The van der Waals surface area contributed by atoms with Crippen molar-refractivity contribution in [1.82, 2.24) is 4.90 Å². The molecule has 1 N–H and O–H groups in total. The first-order chi connectivity index (χ1) is 14.9. The van der Waals surface area contributed by atoms with Gasteiger partial charge in [-0.2, -0.15) is 0 Å². The predicted molar refractivity (Wildman–Crippen MR) is 82.5 cm³/mol. The van der Waals surface area contributed by atoms with Gasteiger partial charge in [0.1, 0.15) is 12.2 Å². The van der Waals surface area contributed by atoms with Crippen LogP contribution in [0.25, 0.3) is 0 Å². The van der Waals surface area contributed by atoms with Gasteiger partial charge in [0.15, 0.2) is 11.5 Å². The highest BCUT2D eigenvalue weighted by Crippen LogP contribution is 2.62. The highest BCUT2D eigenvalue weighted by atomic mass is 16.5. The van der Waals surface area contributed by atoms with Gasteiger partial charge in [0.25, 0.3) is 0 Å². The molecule has 1 fully saturated rings. The number of hydrogen-bond donors (Lipinski definition) is 1. The van der Waals surface area contributed by atoms with Crippen molar-refractivity contribution in [1.29, 1.82) is 0 Å². The quantitative estimate of drug-likeness (QED) is 0.798. The number of piperidine rings is 1. The van der Waals surface area contributed by atoms with E-state index in [-0.39, 0.29) is 35.6 Å². The molecule has 5 rings (SSSR count). The summed E-state index contributed by atoms with van der Waals surface area (Å²) in [4.78, 5) is 0.661. The van der Waals surface area contributed by atoms with Gasteiger partial charge in [-0.25, -0.2) is 0 Å². The predicted octanol–water partition coefficient (Wildman–Crippen LogP) is 1.50. The number of aliphatic hydroxyl groups excluding tert-OH is 1. The molecular formula is C18H21NO3. The molecule has 0 saturated carbocycles. The molecule has 4 heteroatoms. The topological polar surface area (TPSA) is 41.9 Å². The van der Waals surface area contributed by atoms with Crippen molar-refractivity contribution in [3.8, 4) is 11.5 Å². The van der Waals surface area contributed by atoms with Gasteiger partial charge < -0.3 is 19.5 Å². The molecule has 2 aliphatic carbocycles. The Morgan fingerprint density at radius 1 is 1.55 bits per heavy atom. The first-order valence-corrected chi connectivity index (χ1v) is 7.10. The van der Waals surface area contributed by atoms with Crippen molar-refractivity contribution in [2.24, 2.45) is 5.89 Å². The van der Waals surface area contributed by atoms with Crippen LogP contribution in [-0.2, 0) is 11.8 Å². The lowest BCUT2D eigenvalue weighted by Crippen LogP contribution is -2.64. The van der Waals surface area contributed by atoms with Crippen LogP contribution < -0.4 is 9.47 Å². The summed E-state index contributed by atoms with van der Waals surface area (Å²) in [6.07, 6.45) is -4.83. The van der Waals surface area contributed by atoms with E-state index < -0.39 is 49.9 Å². The Kier molecular flexibility index (Phi) is 1.14. The third-order valence-electron chi connectivity index (χ3n) is 4.95. The number of ether oxygens (including phenoxy) is 2. The van der Waals surface area contributed by atoms with Crippen LogP contribution in [0.15, 0.2) is 24.3 Å². The molecule has 4 nitrogen and oxygen atoms in total. The average Bonchev–Trinajstić information content (AvgIpc) is 2.93. The second-order valence-electron chi connectivity index (χ2n) is 5.88. The van der Waals surface area contributed by atoms with E-state index in [1.54, 1.807) is 0 Å². The molecule has 22 heavy (non-hydrogen) atoms. The van der Waals surface area contributed by atoms with Gasteiger partial charge in [-0.3, -0.25) is 0 Å². The van der Waals surface area contributed by atoms with Gasteiger partial charge in [0.05, 0.1) is 12.5 Å². The largest absolute Gasteiger partial charge is 0.493 e. The van der Waals surface area contributed by atoms with Crippen LogP contribution in [-0.4, -0.2) is 48.8 Å². The molecule has 116 valence electrons. The SMILES string of the molecule is [2H]C([2H])([2H])Oc1ccc2c3c1OC1([2H])C(O)C=C[C@]4([2H])[C@@]31CCN(C([2H])([2H])[2H])[C@]4([2H])C2([2H])[2H]. The molecule has 2 bridgehead atoms. The van der Waals surface area contributed by atoms with Crippen LogP contribution in [0.4, 0.5) is 0 Å². The molecule has 4 aliphatic rings. The standard InChI is InChI=1S/C18H21NO3/c1-19-8-7-18-11-4-5-13(20)17(18)22-16-14(21-2)6-3-10(15(16)18)9-12(11)19/h3-6,11-13,17,20H,7-9H2,1-2H3/t11-,12+,13?,17?,18-/m0/s1/i1D3,2D3,9D2,11D,12D,17D. The highest BCUT2D eigenvalue weighted by Gasteiger charge is 2.64. The average molecular weight is 310 g/mol. The second kappa shape index (κ2) is 4.06. The molecule has 0 radical (unpaired) electrons. The third kappa shape index (κ3) is 1.28. The zero-order valence-electron chi connectivity index (χ0n) is 22.5. The maximum atomic E-state index is 10.8. The Labute approximate surface area is 145 Å².